The van der Waals surface area contributed by atoms with Crippen molar-refractivity contribution in [1.29, 1.82) is 0 Å². The maximum Gasteiger partial charge on any atom is 0.348 e. The van der Waals surface area contributed by atoms with E-state index in [1.807, 2.05) is 42.5 Å². The Morgan fingerprint density at radius 2 is 1.64 bits per heavy atom. The molecule has 0 bridgehead atoms. The lowest BCUT2D eigenvalue weighted by atomic mass is 10.1. The molecule has 1 aromatic heterocycles. The van der Waals surface area contributed by atoms with E-state index in [0.29, 0.717) is 16.4 Å². The molecule has 0 saturated heterocycles. The molecule has 0 aliphatic carbocycles. The molecule has 3 N–H and O–H groups in total. The van der Waals surface area contributed by atoms with Crippen molar-refractivity contribution in [3.05, 3.63) is 59.5 Å². The number of nitrogens with two attached hydrogens (primary N) is 1. The van der Waals surface area contributed by atoms with Crippen molar-refractivity contribution in [2.45, 2.75) is 0 Å². The summed E-state index contributed by atoms with van der Waals surface area (Å²) >= 11 is 1.17. The van der Waals surface area contributed by atoms with E-state index in [0.717, 1.165) is 11.1 Å². The van der Waals surface area contributed by atoms with Crippen LogP contribution in [0.25, 0.3) is 21.8 Å². The number of carbonyl (C=O) groups is 1. The largest absolute Gasteiger partial charge is 0.477 e. The van der Waals surface area contributed by atoms with Gasteiger partial charge < -0.3 is 10.8 Å². The van der Waals surface area contributed by atoms with Gasteiger partial charge in [0.1, 0.15) is 9.88 Å². The number of nitrogens with zero attached hydrogens (tertiary/aromatic N) is 1. The number of hydrogen-bond acceptors (Lipinski definition) is 4. The normalized spacial score (nSPS) is 10.0. The number of hydrogen-bond donors (Lipinski definition) is 2. The van der Waals surface area contributed by atoms with Crippen LogP contribution in [0.5, 0.6) is 0 Å². The van der Waals surface area contributed by atoms with E-state index >= 15 is 0 Å². The average Bonchev–Trinajstić information content (AvgIpc) is 2.94. The Balaban J connectivity index is 0.00000176. The van der Waals surface area contributed by atoms with Crippen molar-refractivity contribution in [2.75, 3.05) is 5.73 Å². The predicted molar refractivity (Wildman–Crippen MR) is 91.6 cm³/mol. The van der Waals surface area contributed by atoms with Crippen molar-refractivity contribution in [2.24, 2.45) is 0 Å². The van der Waals surface area contributed by atoms with Crippen LogP contribution in [0.2, 0.25) is 0 Å². The van der Waals surface area contributed by atoms with Crippen molar-refractivity contribution in [3.8, 4) is 21.8 Å². The minimum Gasteiger partial charge on any atom is -0.477 e. The molecule has 0 atom stereocenters. The van der Waals surface area contributed by atoms with Crippen LogP contribution in [0, 0.1) is 0 Å². The zero-order valence-electron chi connectivity index (χ0n) is 11.4. The summed E-state index contributed by atoms with van der Waals surface area (Å²) in [5, 5.41) is 10.1. The van der Waals surface area contributed by atoms with Crippen LogP contribution >= 0.6 is 23.7 Å². The number of aromatic carboxylic acids is 1. The first-order valence-corrected chi connectivity index (χ1v) is 7.12. The van der Waals surface area contributed by atoms with Gasteiger partial charge >= 0.3 is 5.97 Å². The molecule has 4 nitrogen and oxygen atoms in total. The highest BCUT2D eigenvalue weighted by Crippen LogP contribution is 2.34. The highest BCUT2D eigenvalue weighted by atomic mass is 35.5. The number of rotatable bonds is 3. The summed E-state index contributed by atoms with van der Waals surface area (Å²) in [6, 6.07) is 16.6. The van der Waals surface area contributed by atoms with Gasteiger partial charge in [-0.05, 0) is 24.3 Å². The highest BCUT2D eigenvalue weighted by molar-refractivity contribution is 7.17. The van der Waals surface area contributed by atoms with Gasteiger partial charge in [-0.15, -0.1) is 23.7 Å². The molecule has 2 aromatic carbocycles. The van der Waals surface area contributed by atoms with E-state index in [2.05, 4.69) is 4.98 Å². The lowest BCUT2D eigenvalue weighted by Crippen LogP contribution is -1.95. The van der Waals surface area contributed by atoms with Crippen molar-refractivity contribution in [3.63, 3.8) is 0 Å². The summed E-state index contributed by atoms with van der Waals surface area (Å²) < 4.78 is 0. The standard InChI is InChI=1S/C16H12N2O2S.ClH/c17-12-8-6-11(7-9-12)15-18-13(14(21-15)16(19)20)10-4-2-1-3-5-10;/h1-9H,17H2,(H,19,20);1H. The maximum absolute atomic E-state index is 11.4. The summed E-state index contributed by atoms with van der Waals surface area (Å²) in [6.07, 6.45) is 0. The number of halogens is 1. The first kappa shape index (κ1) is 16.0. The summed E-state index contributed by atoms with van der Waals surface area (Å²) in [5.74, 6) is -0.965. The van der Waals surface area contributed by atoms with Crippen LogP contribution < -0.4 is 5.73 Å². The fourth-order valence-corrected chi connectivity index (χ4v) is 2.94. The minimum atomic E-state index is -0.965. The van der Waals surface area contributed by atoms with E-state index in [4.69, 9.17) is 5.73 Å². The lowest BCUT2D eigenvalue weighted by Gasteiger charge is -1.98. The van der Waals surface area contributed by atoms with Gasteiger partial charge in [-0.25, -0.2) is 9.78 Å². The second kappa shape index (κ2) is 6.60. The van der Waals surface area contributed by atoms with Gasteiger partial charge in [0.25, 0.3) is 0 Å². The number of benzene rings is 2. The number of anilines is 1. The van der Waals surface area contributed by atoms with Gasteiger partial charge in [-0.1, -0.05) is 30.3 Å². The molecule has 112 valence electrons. The van der Waals surface area contributed by atoms with Crippen LogP contribution in [0.1, 0.15) is 9.67 Å². The molecule has 0 spiro atoms. The Morgan fingerprint density at radius 3 is 2.23 bits per heavy atom. The fourth-order valence-electron chi connectivity index (χ4n) is 2.01. The first-order valence-electron chi connectivity index (χ1n) is 6.30. The number of thiazole rings is 1. The van der Waals surface area contributed by atoms with E-state index in [1.165, 1.54) is 11.3 Å². The van der Waals surface area contributed by atoms with Gasteiger partial charge in [0.15, 0.2) is 0 Å². The lowest BCUT2D eigenvalue weighted by molar-refractivity contribution is 0.0702. The Hall–Kier alpha value is -2.37. The second-order valence-electron chi connectivity index (χ2n) is 4.49. The van der Waals surface area contributed by atoms with Gasteiger partial charge in [-0.2, -0.15) is 0 Å². The van der Waals surface area contributed by atoms with Crippen LogP contribution in [-0.2, 0) is 0 Å². The number of carboxylic acid groups (broad SMARTS) is 1. The van der Waals surface area contributed by atoms with Crippen LogP contribution in [0.15, 0.2) is 54.6 Å². The Kier molecular flexibility index (Phi) is 4.80. The van der Waals surface area contributed by atoms with Gasteiger partial charge in [0.05, 0.1) is 5.69 Å². The van der Waals surface area contributed by atoms with E-state index in [9.17, 15) is 9.90 Å². The van der Waals surface area contributed by atoms with Crippen LogP contribution in [-0.4, -0.2) is 16.1 Å². The summed E-state index contributed by atoms with van der Waals surface area (Å²) in [4.78, 5) is 16.2. The fraction of sp³-hybridized carbons (Fsp3) is 0. The van der Waals surface area contributed by atoms with Crippen LogP contribution in [0.3, 0.4) is 0 Å². The monoisotopic (exact) mass is 332 g/mol. The molecule has 0 aliphatic rings. The number of carboxylic acids is 1. The Labute approximate surface area is 137 Å². The van der Waals surface area contributed by atoms with E-state index < -0.39 is 5.97 Å². The Morgan fingerprint density at radius 1 is 1.00 bits per heavy atom. The molecule has 3 aromatic rings. The molecule has 0 fully saturated rings. The molecule has 1 heterocycles. The smallest absolute Gasteiger partial charge is 0.348 e. The zero-order valence-corrected chi connectivity index (χ0v) is 13.0. The minimum absolute atomic E-state index is 0. The summed E-state index contributed by atoms with van der Waals surface area (Å²) in [6.45, 7) is 0. The third-order valence-corrected chi connectivity index (χ3v) is 4.12. The van der Waals surface area contributed by atoms with Gasteiger partial charge in [0, 0.05) is 16.8 Å². The van der Waals surface area contributed by atoms with Crippen LogP contribution in [0.4, 0.5) is 5.69 Å². The van der Waals surface area contributed by atoms with E-state index in [-0.39, 0.29) is 17.3 Å². The zero-order chi connectivity index (χ0) is 14.8. The predicted octanol–water partition coefficient (Wildman–Crippen LogP) is 4.18. The molecule has 0 aliphatic heterocycles. The molecule has 0 saturated carbocycles. The number of aromatic nitrogens is 1. The molecule has 3 rings (SSSR count). The van der Waals surface area contributed by atoms with Crippen molar-refractivity contribution < 1.29 is 9.90 Å². The van der Waals surface area contributed by atoms with Crippen molar-refractivity contribution >= 4 is 35.4 Å². The molecule has 6 heteroatoms. The average molecular weight is 333 g/mol. The molecular weight excluding hydrogens is 320 g/mol. The molecule has 22 heavy (non-hydrogen) atoms. The third-order valence-electron chi connectivity index (χ3n) is 3.03. The van der Waals surface area contributed by atoms with Gasteiger partial charge in [-0.3, -0.25) is 0 Å². The molecule has 0 unspecified atom stereocenters. The molecule has 0 radical (unpaired) electrons. The van der Waals surface area contributed by atoms with Crippen molar-refractivity contribution in [1.82, 2.24) is 4.98 Å². The topological polar surface area (TPSA) is 76.2 Å². The third kappa shape index (κ3) is 3.10. The number of nitrogen functional groups attached to an aromatic ring is 1. The molecular formula is C16H13ClN2O2S. The second-order valence-corrected chi connectivity index (χ2v) is 5.49. The summed E-state index contributed by atoms with van der Waals surface area (Å²) in [7, 11) is 0. The first-order chi connectivity index (χ1) is 10.1. The maximum atomic E-state index is 11.4. The highest BCUT2D eigenvalue weighted by Gasteiger charge is 2.19. The molecule has 0 amide bonds. The summed E-state index contributed by atoms with van der Waals surface area (Å²) in [5.41, 5.74) is 8.49. The SMILES string of the molecule is Cl.Nc1ccc(-c2nc(-c3ccccc3)c(C(=O)O)s2)cc1. The van der Waals surface area contributed by atoms with E-state index in [1.54, 1.807) is 12.1 Å². The Bertz CT molecular complexity index is 786. The van der Waals surface area contributed by atoms with Gasteiger partial charge in [0.2, 0.25) is 0 Å². The quantitative estimate of drug-likeness (QED) is 0.705.